The largest absolute Gasteiger partial charge is 0.443 e. The highest BCUT2D eigenvalue weighted by Gasteiger charge is 2.38. The average Bonchev–Trinajstić information content (AvgIpc) is 3.63. The SMILES string of the molecule is CN(Cc1ccc(C2=NCCN2C(=O)OC(C)(C)C)cc1)C(=O)CCCCN(C1CC1)S(=O)(=O)c1cccc(Cl)c1Cl. The van der Waals surface area contributed by atoms with Gasteiger partial charge in [-0.1, -0.05) is 53.5 Å². The molecule has 2 amide bonds. The van der Waals surface area contributed by atoms with Crippen molar-refractivity contribution in [1.29, 1.82) is 0 Å². The zero-order chi connectivity index (χ0) is 30.7. The molecule has 0 radical (unpaired) electrons. The number of benzene rings is 2. The molecule has 1 saturated carbocycles. The first-order valence-electron chi connectivity index (χ1n) is 14.1. The van der Waals surface area contributed by atoms with Crippen molar-refractivity contribution in [2.45, 2.75) is 76.0 Å². The van der Waals surface area contributed by atoms with Crippen molar-refractivity contribution in [3.05, 3.63) is 63.6 Å². The van der Waals surface area contributed by atoms with Crippen molar-refractivity contribution >= 4 is 51.1 Å². The van der Waals surface area contributed by atoms with Gasteiger partial charge in [-0.15, -0.1) is 0 Å². The number of carbonyl (C=O) groups is 2. The topological polar surface area (TPSA) is 99.6 Å². The number of carbonyl (C=O) groups excluding carboxylic acids is 2. The molecule has 1 fully saturated rings. The van der Waals surface area contributed by atoms with E-state index in [2.05, 4.69) is 4.99 Å². The molecule has 0 bridgehead atoms. The van der Waals surface area contributed by atoms with E-state index in [-0.39, 0.29) is 26.9 Å². The fraction of sp³-hybridized carbons (Fsp3) is 0.500. The Kier molecular flexibility index (Phi) is 10.2. The Hall–Kier alpha value is -2.66. The lowest BCUT2D eigenvalue weighted by Gasteiger charge is -2.25. The summed E-state index contributed by atoms with van der Waals surface area (Å²) in [4.78, 5) is 33.1. The maximum absolute atomic E-state index is 13.3. The normalized spacial score (nSPS) is 15.6. The van der Waals surface area contributed by atoms with Crippen LogP contribution in [-0.2, 0) is 26.1 Å². The summed E-state index contributed by atoms with van der Waals surface area (Å²) in [5, 5.41) is 0.234. The van der Waals surface area contributed by atoms with E-state index in [1.54, 1.807) is 29.0 Å². The molecule has 1 heterocycles. The molecule has 0 atom stereocenters. The maximum Gasteiger partial charge on any atom is 0.416 e. The van der Waals surface area contributed by atoms with E-state index in [1.807, 2.05) is 45.0 Å². The molecular weight excluding hydrogens is 599 g/mol. The quantitative estimate of drug-likeness (QED) is 0.283. The molecule has 2 aromatic carbocycles. The second-order valence-corrected chi connectivity index (χ2v) is 14.3. The van der Waals surface area contributed by atoms with E-state index in [9.17, 15) is 18.0 Å². The third-order valence-electron chi connectivity index (χ3n) is 6.99. The van der Waals surface area contributed by atoms with Gasteiger partial charge in [-0.25, -0.2) is 13.2 Å². The Bertz CT molecular complexity index is 1440. The minimum absolute atomic E-state index is 0.0166. The van der Waals surface area contributed by atoms with Crippen molar-refractivity contribution in [2.24, 2.45) is 4.99 Å². The minimum atomic E-state index is -3.79. The van der Waals surface area contributed by atoms with E-state index in [4.69, 9.17) is 27.9 Å². The van der Waals surface area contributed by atoms with Crippen LogP contribution in [0.25, 0.3) is 0 Å². The lowest BCUT2D eigenvalue weighted by Crippen LogP contribution is -2.39. The lowest BCUT2D eigenvalue weighted by molar-refractivity contribution is -0.130. The molecule has 1 aliphatic carbocycles. The fourth-order valence-corrected chi connectivity index (χ4v) is 7.18. The Balaban J connectivity index is 1.27. The number of amides is 2. The lowest BCUT2D eigenvalue weighted by atomic mass is 10.1. The van der Waals surface area contributed by atoms with Crippen LogP contribution in [0.4, 0.5) is 4.79 Å². The number of hydrogen-bond donors (Lipinski definition) is 0. The first-order chi connectivity index (χ1) is 19.8. The van der Waals surface area contributed by atoms with Crippen LogP contribution in [0.5, 0.6) is 0 Å². The summed E-state index contributed by atoms with van der Waals surface area (Å²) in [5.41, 5.74) is 1.16. The summed E-state index contributed by atoms with van der Waals surface area (Å²) < 4.78 is 33.6. The fourth-order valence-electron chi connectivity index (χ4n) is 4.72. The number of unbranched alkanes of at least 4 members (excludes halogenated alkanes) is 1. The van der Waals surface area contributed by atoms with Gasteiger partial charge in [0.25, 0.3) is 0 Å². The number of halogens is 2. The van der Waals surface area contributed by atoms with E-state index in [0.29, 0.717) is 51.3 Å². The predicted octanol–water partition coefficient (Wildman–Crippen LogP) is 5.97. The molecule has 0 N–H and O–H groups in total. The molecule has 12 heteroatoms. The smallest absolute Gasteiger partial charge is 0.416 e. The number of sulfonamides is 1. The number of rotatable bonds is 11. The molecule has 228 valence electrons. The second kappa shape index (κ2) is 13.3. The van der Waals surface area contributed by atoms with E-state index < -0.39 is 21.7 Å². The van der Waals surface area contributed by atoms with Crippen LogP contribution < -0.4 is 0 Å². The first kappa shape index (κ1) is 32.3. The second-order valence-electron chi connectivity index (χ2n) is 11.6. The van der Waals surface area contributed by atoms with Gasteiger partial charge in [0.15, 0.2) is 0 Å². The molecule has 2 aromatic rings. The Morgan fingerprint density at radius 2 is 1.76 bits per heavy atom. The summed E-state index contributed by atoms with van der Waals surface area (Å²) in [7, 11) is -2.04. The van der Waals surface area contributed by atoms with Gasteiger partial charge in [-0.3, -0.25) is 14.7 Å². The molecule has 4 rings (SSSR count). The third-order valence-corrected chi connectivity index (χ3v) is 9.91. The molecule has 0 aromatic heterocycles. The standard InChI is InChI=1S/C30H38Cl2N4O5S/c1-30(2,3)41-29(38)35-19-17-33-28(35)22-13-11-21(12-14-22)20-34(4)26(37)10-5-6-18-36(23-15-16-23)42(39,40)25-9-7-8-24(31)27(25)32/h7-9,11-14,23H,5-6,10,15-20H2,1-4H3. The molecule has 1 aliphatic heterocycles. The third kappa shape index (κ3) is 8.03. The van der Waals surface area contributed by atoms with Crippen LogP contribution >= 0.6 is 23.2 Å². The highest BCUT2D eigenvalue weighted by molar-refractivity contribution is 7.89. The van der Waals surface area contributed by atoms with Crippen molar-refractivity contribution in [3.63, 3.8) is 0 Å². The molecule has 9 nitrogen and oxygen atoms in total. The van der Waals surface area contributed by atoms with Gasteiger partial charge in [0.2, 0.25) is 15.9 Å². The zero-order valence-electron chi connectivity index (χ0n) is 24.5. The highest BCUT2D eigenvalue weighted by atomic mass is 35.5. The summed E-state index contributed by atoms with van der Waals surface area (Å²) in [6.45, 7) is 7.23. The average molecular weight is 638 g/mol. The van der Waals surface area contributed by atoms with Gasteiger partial charge in [-0.2, -0.15) is 4.31 Å². The number of amidine groups is 1. The maximum atomic E-state index is 13.3. The molecule has 0 spiro atoms. The number of nitrogens with zero attached hydrogens (tertiary/aromatic N) is 4. The van der Waals surface area contributed by atoms with Crippen LogP contribution in [-0.4, -0.2) is 78.7 Å². The van der Waals surface area contributed by atoms with E-state index in [0.717, 1.165) is 24.0 Å². The predicted molar refractivity (Wildman–Crippen MR) is 164 cm³/mol. The molecular formula is C30H38Cl2N4O5S. The molecule has 0 saturated heterocycles. The van der Waals surface area contributed by atoms with Crippen molar-refractivity contribution in [3.8, 4) is 0 Å². The monoisotopic (exact) mass is 636 g/mol. The van der Waals surface area contributed by atoms with E-state index in [1.165, 1.54) is 10.4 Å². The molecule has 0 unspecified atom stereocenters. The van der Waals surface area contributed by atoms with Gasteiger partial charge in [0, 0.05) is 38.2 Å². The molecule has 2 aliphatic rings. The Morgan fingerprint density at radius 1 is 1.07 bits per heavy atom. The van der Waals surface area contributed by atoms with Gasteiger partial charge in [0.05, 0.1) is 23.1 Å². The molecule has 42 heavy (non-hydrogen) atoms. The van der Waals surface area contributed by atoms with Gasteiger partial charge >= 0.3 is 6.09 Å². The number of ether oxygens (including phenoxy) is 1. The van der Waals surface area contributed by atoms with E-state index >= 15 is 0 Å². The Morgan fingerprint density at radius 3 is 2.40 bits per heavy atom. The summed E-state index contributed by atoms with van der Waals surface area (Å²) >= 11 is 12.3. The van der Waals surface area contributed by atoms with Crippen molar-refractivity contribution < 1.29 is 22.7 Å². The van der Waals surface area contributed by atoms with Crippen molar-refractivity contribution in [2.75, 3.05) is 26.7 Å². The first-order valence-corrected chi connectivity index (χ1v) is 16.3. The summed E-state index contributed by atoms with van der Waals surface area (Å²) in [5.74, 6) is 0.564. The van der Waals surface area contributed by atoms with Crippen LogP contribution in [0.15, 0.2) is 52.4 Å². The van der Waals surface area contributed by atoms with Crippen LogP contribution in [0, 0.1) is 0 Å². The van der Waals surface area contributed by atoms with Gasteiger partial charge in [0.1, 0.15) is 16.3 Å². The van der Waals surface area contributed by atoms with Crippen LogP contribution in [0.2, 0.25) is 10.0 Å². The zero-order valence-corrected chi connectivity index (χ0v) is 26.8. The number of hydrogen-bond acceptors (Lipinski definition) is 6. The minimum Gasteiger partial charge on any atom is -0.443 e. The Labute approximate surface area is 258 Å². The summed E-state index contributed by atoms with van der Waals surface area (Å²) in [6, 6.07) is 12.2. The van der Waals surface area contributed by atoms with Gasteiger partial charge in [-0.05, 0) is 64.2 Å². The number of aliphatic imine (C=N–C) groups is 1. The van der Waals surface area contributed by atoms with Gasteiger partial charge < -0.3 is 9.64 Å². The van der Waals surface area contributed by atoms with Crippen molar-refractivity contribution in [1.82, 2.24) is 14.1 Å². The van der Waals surface area contributed by atoms with Crippen LogP contribution in [0.3, 0.4) is 0 Å². The highest BCUT2D eigenvalue weighted by Crippen LogP contribution is 2.36. The summed E-state index contributed by atoms with van der Waals surface area (Å²) in [6.07, 6.45) is 2.63. The van der Waals surface area contributed by atoms with Crippen LogP contribution in [0.1, 0.15) is 64.0 Å².